The van der Waals surface area contributed by atoms with E-state index in [4.69, 9.17) is 25.8 Å². The van der Waals surface area contributed by atoms with Gasteiger partial charge < -0.3 is 14.2 Å². The molecule has 0 bridgehead atoms. The van der Waals surface area contributed by atoms with Crippen LogP contribution in [0.5, 0.6) is 17.2 Å². The van der Waals surface area contributed by atoms with Crippen LogP contribution in [0.2, 0.25) is 5.02 Å². The number of carbonyl (C=O) groups excluding carboxylic acids is 2. The minimum absolute atomic E-state index is 0.198. The van der Waals surface area contributed by atoms with Crippen molar-refractivity contribution < 1.29 is 23.8 Å². The van der Waals surface area contributed by atoms with Gasteiger partial charge in [-0.15, -0.1) is 0 Å². The van der Waals surface area contributed by atoms with E-state index in [1.54, 1.807) is 42.5 Å². The van der Waals surface area contributed by atoms with E-state index in [1.807, 2.05) is 0 Å². The molecule has 0 aliphatic carbocycles. The van der Waals surface area contributed by atoms with E-state index < -0.39 is 11.8 Å². The highest BCUT2D eigenvalue weighted by molar-refractivity contribution is 6.31. The number of hydrogen-bond donors (Lipinski definition) is 2. The summed E-state index contributed by atoms with van der Waals surface area (Å²) in [5.74, 6) is 0.344. The molecule has 2 amide bonds. The molecule has 2 rings (SSSR count). The SMILES string of the molecule is C=CCOc1ccc(/C=C/C(=O)NNC(=O)c2cc(Cl)ccc2OC)cc1OC. The molecule has 152 valence electrons. The summed E-state index contributed by atoms with van der Waals surface area (Å²) in [6.07, 6.45) is 4.47. The fraction of sp³-hybridized carbons (Fsp3) is 0.143. The number of methoxy groups -OCH3 is 2. The average molecular weight is 417 g/mol. The van der Waals surface area contributed by atoms with Crippen molar-refractivity contribution in [3.05, 3.63) is 71.3 Å². The summed E-state index contributed by atoms with van der Waals surface area (Å²) in [6, 6.07) is 9.82. The van der Waals surface area contributed by atoms with Crippen LogP contribution in [0.3, 0.4) is 0 Å². The molecule has 2 aromatic carbocycles. The minimum Gasteiger partial charge on any atom is -0.496 e. The molecule has 0 aliphatic heterocycles. The molecule has 0 fully saturated rings. The number of hydrogen-bond acceptors (Lipinski definition) is 5. The van der Waals surface area contributed by atoms with Gasteiger partial charge >= 0.3 is 0 Å². The van der Waals surface area contributed by atoms with Crippen molar-refractivity contribution in [3.8, 4) is 17.2 Å². The number of hydrazine groups is 1. The fourth-order valence-corrected chi connectivity index (χ4v) is 2.48. The molecule has 0 radical (unpaired) electrons. The highest BCUT2D eigenvalue weighted by Gasteiger charge is 2.13. The normalized spacial score (nSPS) is 10.3. The largest absolute Gasteiger partial charge is 0.496 e. The van der Waals surface area contributed by atoms with Crippen molar-refractivity contribution in [1.29, 1.82) is 0 Å². The Kier molecular flexibility index (Phi) is 8.12. The lowest BCUT2D eigenvalue weighted by atomic mass is 10.2. The first kappa shape index (κ1) is 21.8. The summed E-state index contributed by atoms with van der Waals surface area (Å²) in [7, 11) is 2.96. The molecule has 0 heterocycles. The Morgan fingerprint density at radius 3 is 2.45 bits per heavy atom. The first-order chi connectivity index (χ1) is 14.0. The Bertz CT molecular complexity index is 927. The van der Waals surface area contributed by atoms with Gasteiger partial charge in [0.2, 0.25) is 0 Å². The van der Waals surface area contributed by atoms with Gasteiger partial charge in [-0.3, -0.25) is 20.4 Å². The summed E-state index contributed by atoms with van der Waals surface area (Å²) in [5, 5.41) is 0.372. The summed E-state index contributed by atoms with van der Waals surface area (Å²) < 4.78 is 15.9. The molecular weight excluding hydrogens is 396 g/mol. The smallest absolute Gasteiger partial charge is 0.273 e. The van der Waals surface area contributed by atoms with Gasteiger partial charge in [-0.2, -0.15) is 0 Å². The van der Waals surface area contributed by atoms with Gasteiger partial charge in [0, 0.05) is 11.1 Å². The lowest BCUT2D eigenvalue weighted by Crippen LogP contribution is -2.40. The van der Waals surface area contributed by atoms with E-state index in [9.17, 15) is 9.59 Å². The van der Waals surface area contributed by atoms with Gasteiger partial charge in [-0.05, 0) is 42.0 Å². The number of halogens is 1. The number of ether oxygens (including phenoxy) is 3. The van der Waals surface area contributed by atoms with E-state index in [-0.39, 0.29) is 5.56 Å². The zero-order chi connectivity index (χ0) is 21.2. The first-order valence-corrected chi connectivity index (χ1v) is 8.90. The molecule has 0 unspecified atom stereocenters. The minimum atomic E-state index is -0.559. The summed E-state index contributed by atoms with van der Waals surface area (Å²) in [6.45, 7) is 3.95. The molecule has 0 saturated carbocycles. The quantitative estimate of drug-likeness (QED) is 0.391. The van der Waals surface area contributed by atoms with Crippen LogP contribution in [-0.4, -0.2) is 32.6 Å². The summed E-state index contributed by atoms with van der Waals surface area (Å²) in [4.78, 5) is 24.2. The van der Waals surface area contributed by atoms with Crippen LogP contribution in [0.25, 0.3) is 6.08 Å². The van der Waals surface area contributed by atoms with Crippen LogP contribution in [0.1, 0.15) is 15.9 Å². The number of carbonyl (C=O) groups is 2. The monoisotopic (exact) mass is 416 g/mol. The zero-order valence-electron chi connectivity index (χ0n) is 16.0. The molecule has 2 N–H and O–H groups in total. The first-order valence-electron chi connectivity index (χ1n) is 8.52. The van der Waals surface area contributed by atoms with Crippen molar-refractivity contribution in [2.24, 2.45) is 0 Å². The molecule has 29 heavy (non-hydrogen) atoms. The third kappa shape index (κ3) is 6.29. The third-order valence-electron chi connectivity index (χ3n) is 3.68. The van der Waals surface area contributed by atoms with Crippen LogP contribution in [-0.2, 0) is 4.79 Å². The number of benzene rings is 2. The lowest BCUT2D eigenvalue weighted by molar-refractivity contribution is -0.117. The number of nitrogens with one attached hydrogen (secondary N) is 2. The maximum Gasteiger partial charge on any atom is 0.273 e. The van der Waals surface area contributed by atoms with Gasteiger partial charge in [0.25, 0.3) is 11.8 Å². The van der Waals surface area contributed by atoms with Crippen molar-refractivity contribution in [3.63, 3.8) is 0 Å². The highest BCUT2D eigenvalue weighted by Crippen LogP contribution is 2.28. The van der Waals surface area contributed by atoms with Gasteiger partial charge in [-0.1, -0.05) is 30.3 Å². The Hall–Kier alpha value is -3.45. The van der Waals surface area contributed by atoms with Crippen LogP contribution in [0.15, 0.2) is 55.1 Å². The maximum atomic E-state index is 12.2. The molecule has 7 nitrogen and oxygen atoms in total. The Balaban J connectivity index is 1.98. The predicted octanol–water partition coefficient (Wildman–Crippen LogP) is 3.40. The van der Waals surface area contributed by atoms with E-state index in [0.29, 0.717) is 34.4 Å². The second kappa shape index (κ2) is 10.8. The summed E-state index contributed by atoms with van der Waals surface area (Å²) >= 11 is 5.90. The van der Waals surface area contributed by atoms with Gasteiger partial charge in [0.1, 0.15) is 12.4 Å². The van der Waals surface area contributed by atoms with Crippen molar-refractivity contribution >= 4 is 29.5 Å². The van der Waals surface area contributed by atoms with Gasteiger partial charge in [-0.25, -0.2) is 0 Å². The van der Waals surface area contributed by atoms with Gasteiger partial charge in [0.05, 0.1) is 19.8 Å². The molecule has 0 atom stereocenters. The van der Waals surface area contributed by atoms with E-state index in [2.05, 4.69) is 17.4 Å². The number of rotatable bonds is 8. The molecule has 2 aromatic rings. The van der Waals surface area contributed by atoms with Crippen molar-refractivity contribution in [2.45, 2.75) is 0 Å². The predicted molar refractivity (Wildman–Crippen MR) is 111 cm³/mol. The molecule has 8 heteroatoms. The fourth-order valence-electron chi connectivity index (χ4n) is 2.31. The topological polar surface area (TPSA) is 85.9 Å². The molecule has 0 aromatic heterocycles. The Morgan fingerprint density at radius 2 is 1.76 bits per heavy atom. The zero-order valence-corrected chi connectivity index (χ0v) is 16.8. The lowest BCUT2D eigenvalue weighted by Gasteiger charge is -2.10. The van der Waals surface area contributed by atoms with Crippen molar-refractivity contribution in [1.82, 2.24) is 10.9 Å². The van der Waals surface area contributed by atoms with Crippen LogP contribution in [0.4, 0.5) is 0 Å². The number of amides is 2. The Morgan fingerprint density at radius 1 is 1.03 bits per heavy atom. The third-order valence-corrected chi connectivity index (χ3v) is 3.91. The van der Waals surface area contributed by atoms with Gasteiger partial charge in [0.15, 0.2) is 11.5 Å². The molecule has 0 saturated heterocycles. The van der Waals surface area contributed by atoms with Crippen LogP contribution < -0.4 is 25.1 Å². The highest BCUT2D eigenvalue weighted by atomic mass is 35.5. The van der Waals surface area contributed by atoms with E-state index in [0.717, 1.165) is 0 Å². The molecular formula is C21H21ClN2O5. The average Bonchev–Trinajstić information content (AvgIpc) is 2.74. The Labute approximate surface area is 173 Å². The van der Waals surface area contributed by atoms with E-state index >= 15 is 0 Å². The second-order valence-corrected chi connectivity index (χ2v) is 6.07. The van der Waals surface area contributed by atoms with Crippen LogP contribution in [0, 0.1) is 0 Å². The van der Waals surface area contributed by atoms with Crippen LogP contribution >= 0.6 is 11.6 Å². The summed E-state index contributed by atoms with van der Waals surface area (Å²) in [5.41, 5.74) is 5.52. The van der Waals surface area contributed by atoms with E-state index in [1.165, 1.54) is 26.4 Å². The second-order valence-electron chi connectivity index (χ2n) is 5.63. The van der Waals surface area contributed by atoms with Crippen molar-refractivity contribution in [2.75, 3.05) is 20.8 Å². The molecule has 0 spiro atoms. The maximum absolute atomic E-state index is 12.2. The molecule has 0 aliphatic rings. The standard InChI is InChI=1S/C21H21ClN2O5/c1-4-11-29-18-8-5-14(12-19(18)28-3)6-10-20(25)23-24-21(26)16-13-15(22)7-9-17(16)27-2/h4-10,12-13H,1,11H2,2-3H3,(H,23,25)(H,24,26)/b10-6+.